The van der Waals surface area contributed by atoms with Gasteiger partial charge in [-0.2, -0.15) is 0 Å². The van der Waals surface area contributed by atoms with Crippen LogP contribution in [0, 0.1) is 0 Å². The van der Waals surface area contributed by atoms with Crippen molar-refractivity contribution in [2.24, 2.45) is 0 Å². The molecule has 5 nitrogen and oxygen atoms in total. The molecule has 2 aromatic carbocycles. The Balaban J connectivity index is 1.87. The van der Waals surface area contributed by atoms with E-state index in [1.54, 1.807) is 35.2 Å². The Labute approximate surface area is 174 Å². The zero-order valence-electron chi connectivity index (χ0n) is 16.5. The van der Waals surface area contributed by atoms with Gasteiger partial charge in [-0.05, 0) is 42.9 Å². The van der Waals surface area contributed by atoms with Crippen molar-refractivity contribution in [2.45, 2.75) is 19.9 Å². The van der Waals surface area contributed by atoms with E-state index in [0.29, 0.717) is 28.1 Å². The Morgan fingerprint density at radius 2 is 1.83 bits per heavy atom. The largest absolute Gasteiger partial charge is 0.450 e. The minimum absolute atomic E-state index is 0.137. The molecule has 0 saturated carbocycles. The molecule has 0 N–H and O–H groups in total. The van der Waals surface area contributed by atoms with Gasteiger partial charge in [0.15, 0.2) is 5.43 Å². The van der Waals surface area contributed by atoms with Crippen LogP contribution in [0.3, 0.4) is 0 Å². The molecule has 6 heteroatoms. The molecule has 1 unspecified atom stereocenters. The second-order valence-corrected chi connectivity index (χ2v) is 7.59. The summed E-state index contributed by atoms with van der Waals surface area (Å²) in [6.07, 6.45) is 0. The first-order valence-electron chi connectivity index (χ1n) is 9.89. The van der Waals surface area contributed by atoms with Crippen molar-refractivity contribution >= 4 is 28.5 Å². The maximum Gasteiger partial charge on any atom is 0.290 e. The zero-order valence-corrected chi connectivity index (χ0v) is 17.3. The summed E-state index contributed by atoms with van der Waals surface area (Å²) in [4.78, 5) is 30.6. The molecule has 0 fully saturated rings. The summed E-state index contributed by atoms with van der Waals surface area (Å²) < 4.78 is 5.93. The summed E-state index contributed by atoms with van der Waals surface area (Å²) in [6, 6.07) is 13.9. The van der Waals surface area contributed by atoms with Gasteiger partial charge in [-0.1, -0.05) is 49.7 Å². The van der Waals surface area contributed by atoms with Crippen LogP contribution in [0.5, 0.6) is 0 Å². The number of rotatable bonds is 6. The minimum atomic E-state index is -0.507. The van der Waals surface area contributed by atoms with Gasteiger partial charge < -0.3 is 14.2 Å². The van der Waals surface area contributed by atoms with Crippen molar-refractivity contribution in [3.63, 3.8) is 0 Å². The highest BCUT2D eigenvalue weighted by Gasteiger charge is 2.42. The number of benzene rings is 2. The number of halogens is 1. The van der Waals surface area contributed by atoms with Crippen LogP contribution >= 0.6 is 11.6 Å². The molecule has 1 aromatic heterocycles. The predicted molar refractivity (Wildman–Crippen MR) is 115 cm³/mol. The first kappa shape index (κ1) is 19.7. The topological polar surface area (TPSA) is 53.8 Å². The van der Waals surface area contributed by atoms with Gasteiger partial charge in [-0.15, -0.1) is 0 Å². The number of carbonyl (C=O) groups is 1. The molecule has 4 rings (SSSR count). The van der Waals surface area contributed by atoms with Crippen LogP contribution in [0.2, 0.25) is 5.02 Å². The summed E-state index contributed by atoms with van der Waals surface area (Å²) in [6.45, 7) is 7.20. The van der Waals surface area contributed by atoms with Gasteiger partial charge >= 0.3 is 0 Å². The SMILES string of the molecule is CCN(CC)CCN1C(=O)c2oc3ccccc3c(=O)c2C1c1cccc(Cl)c1. The molecule has 0 aliphatic carbocycles. The van der Waals surface area contributed by atoms with Crippen molar-refractivity contribution in [3.05, 3.63) is 80.7 Å². The molecule has 0 spiro atoms. The van der Waals surface area contributed by atoms with Crippen molar-refractivity contribution in [3.8, 4) is 0 Å². The van der Waals surface area contributed by atoms with Crippen molar-refractivity contribution < 1.29 is 9.21 Å². The molecule has 2 heterocycles. The second kappa shape index (κ2) is 8.01. The molecule has 1 aliphatic heterocycles. The fourth-order valence-corrected chi connectivity index (χ4v) is 4.21. The Morgan fingerprint density at radius 1 is 1.07 bits per heavy atom. The van der Waals surface area contributed by atoms with Crippen LogP contribution in [0.15, 0.2) is 57.7 Å². The average molecular weight is 411 g/mol. The number of hydrogen-bond donors (Lipinski definition) is 0. The summed E-state index contributed by atoms with van der Waals surface area (Å²) in [7, 11) is 0. The third-order valence-electron chi connectivity index (χ3n) is 5.59. The number of amides is 1. The molecule has 1 atom stereocenters. The number of nitrogens with zero attached hydrogens (tertiary/aromatic N) is 2. The number of para-hydroxylation sites is 1. The quantitative estimate of drug-likeness (QED) is 0.606. The Kier molecular flexibility index (Phi) is 5.43. The lowest BCUT2D eigenvalue weighted by molar-refractivity contribution is 0.0708. The van der Waals surface area contributed by atoms with Crippen LogP contribution in [-0.2, 0) is 0 Å². The number of likely N-dealkylation sites (N-methyl/N-ethyl adjacent to an activating group) is 1. The van der Waals surface area contributed by atoms with E-state index in [1.807, 2.05) is 18.2 Å². The molecular formula is C23H23ClN2O3. The van der Waals surface area contributed by atoms with E-state index in [2.05, 4.69) is 18.7 Å². The first-order chi connectivity index (χ1) is 14.0. The molecule has 0 saturated heterocycles. The monoisotopic (exact) mass is 410 g/mol. The van der Waals surface area contributed by atoms with Gasteiger partial charge in [0.2, 0.25) is 5.76 Å². The fourth-order valence-electron chi connectivity index (χ4n) is 4.01. The summed E-state index contributed by atoms with van der Waals surface area (Å²) >= 11 is 6.23. The molecule has 150 valence electrons. The van der Waals surface area contributed by atoms with Crippen LogP contribution in [0.4, 0.5) is 0 Å². The summed E-state index contributed by atoms with van der Waals surface area (Å²) in [5.41, 5.74) is 1.48. The average Bonchev–Trinajstić information content (AvgIpc) is 3.01. The number of hydrogen-bond acceptors (Lipinski definition) is 4. The first-order valence-corrected chi connectivity index (χ1v) is 10.3. The van der Waals surface area contributed by atoms with E-state index < -0.39 is 6.04 Å². The maximum absolute atomic E-state index is 13.3. The molecule has 29 heavy (non-hydrogen) atoms. The van der Waals surface area contributed by atoms with Gasteiger partial charge in [0, 0.05) is 18.1 Å². The van der Waals surface area contributed by atoms with Crippen LogP contribution in [0.25, 0.3) is 11.0 Å². The van der Waals surface area contributed by atoms with E-state index in [0.717, 1.165) is 25.2 Å². The highest BCUT2D eigenvalue weighted by molar-refractivity contribution is 6.30. The lowest BCUT2D eigenvalue weighted by Crippen LogP contribution is -2.37. The zero-order chi connectivity index (χ0) is 20.5. The molecule has 1 aliphatic rings. The van der Waals surface area contributed by atoms with E-state index >= 15 is 0 Å². The smallest absolute Gasteiger partial charge is 0.290 e. The van der Waals surface area contributed by atoms with Crippen LogP contribution < -0.4 is 5.43 Å². The highest BCUT2D eigenvalue weighted by Crippen LogP contribution is 2.38. The molecule has 0 bridgehead atoms. The lowest BCUT2D eigenvalue weighted by Gasteiger charge is -2.28. The number of fused-ring (bicyclic) bond motifs is 2. The van der Waals surface area contributed by atoms with Crippen molar-refractivity contribution in [1.82, 2.24) is 9.80 Å². The molecule has 3 aromatic rings. The maximum atomic E-state index is 13.3. The van der Waals surface area contributed by atoms with Crippen molar-refractivity contribution in [2.75, 3.05) is 26.2 Å². The van der Waals surface area contributed by atoms with E-state index in [4.69, 9.17) is 16.0 Å². The predicted octanol–water partition coefficient (Wildman–Crippen LogP) is 4.33. The minimum Gasteiger partial charge on any atom is -0.450 e. The van der Waals surface area contributed by atoms with Gasteiger partial charge in [-0.3, -0.25) is 9.59 Å². The second-order valence-electron chi connectivity index (χ2n) is 7.15. The van der Waals surface area contributed by atoms with E-state index in [9.17, 15) is 9.59 Å². The van der Waals surface area contributed by atoms with Crippen LogP contribution in [0.1, 0.15) is 41.6 Å². The third-order valence-corrected chi connectivity index (χ3v) is 5.82. The standard InChI is InChI=1S/C23H23ClN2O3/c1-3-25(4-2)12-13-26-20(15-8-7-9-16(24)14-15)19-21(27)17-10-5-6-11-18(17)29-22(19)23(26)28/h5-11,14,20H,3-4,12-13H2,1-2H3. The lowest BCUT2D eigenvalue weighted by atomic mass is 9.98. The molecular weight excluding hydrogens is 388 g/mol. The van der Waals surface area contributed by atoms with Gasteiger partial charge in [0.05, 0.1) is 17.0 Å². The highest BCUT2D eigenvalue weighted by atomic mass is 35.5. The Morgan fingerprint density at radius 3 is 2.55 bits per heavy atom. The summed E-state index contributed by atoms with van der Waals surface area (Å²) in [5.74, 6) is -0.113. The molecule has 1 amide bonds. The van der Waals surface area contributed by atoms with Gasteiger partial charge in [-0.25, -0.2) is 0 Å². The Bertz CT molecular complexity index is 1120. The normalized spacial score (nSPS) is 16.1. The third kappa shape index (κ3) is 3.45. The van der Waals surface area contributed by atoms with Crippen molar-refractivity contribution in [1.29, 1.82) is 0 Å². The number of carbonyl (C=O) groups excluding carboxylic acids is 1. The van der Waals surface area contributed by atoms with Crippen LogP contribution in [-0.4, -0.2) is 41.9 Å². The van der Waals surface area contributed by atoms with E-state index in [-0.39, 0.29) is 17.1 Å². The van der Waals surface area contributed by atoms with Gasteiger partial charge in [0.1, 0.15) is 5.58 Å². The summed E-state index contributed by atoms with van der Waals surface area (Å²) in [5, 5.41) is 1.05. The van der Waals surface area contributed by atoms with Gasteiger partial charge in [0.25, 0.3) is 5.91 Å². The molecule has 0 radical (unpaired) electrons. The Hall–Kier alpha value is -2.63. The van der Waals surface area contributed by atoms with E-state index in [1.165, 1.54) is 0 Å². The fraction of sp³-hybridized carbons (Fsp3) is 0.304.